The minimum absolute atomic E-state index is 0. The molecule has 2 nitrogen and oxygen atoms in total. The maximum atomic E-state index is 12.7. The van der Waals surface area contributed by atoms with Crippen LogP contribution in [-0.2, 0) is 0 Å². The Bertz CT molecular complexity index is 461. The lowest BCUT2D eigenvalue weighted by atomic mass is 10.1. The van der Waals surface area contributed by atoms with Gasteiger partial charge in [0.25, 0.3) is 0 Å². The number of ether oxygens (including phenoxy) is 1. The molecule has 0 bridgehead atoms. The van der Waals surface area contributed by atoms with Gasteiger partial charge in [-0.3, -0.25) is 0 Å². The number of hydrogen-bond donors (Lipinski definition) is 1. The van der Waals surface area contributed by atoms with Gasteiger partial charge in [-0.15, -0.1) is 12.4 Å². The molecule has 1 atom stereocenters. The van der Waals surface area contributed by atoms with Crippen molar-refractivity contribution in [2.45, 2.75) is 6.04 Å². The average Bonchev–Trinajstić information content (AvgIpc) is 2.38. The van der Waals surface area contributed by atoms with Crippen LogP contribution in [0.2, 0.25) is 0 Å². The first-order chi connectivity index (χ1) is 8.25. The minimum Gasteiger partial charge on any atom is -0.492 e. The van der Waals surface area contributed by atoms with E-state index in [1.165, 1.54) is 12.1 Å². The van der Waals surface area contributed by atoms with Gasteiger partial charge >= 0.3 is 0 Å². The Balaban J connectivity index is 0.00000162. The van der Waals surface area contributed by atoms with Gasteiger partial charge in [-0.05, 0) is 29.8 Å². The molecule has 2 aromatic carbocycles. The Morgan fingerprint density at radius 3 is 2.22 bits per heavy atom. The summed E-state index contributed by atoms with van der Waals surface area (Å²) in [6, 6.07) is 15.4. The summed E-state index contributed by atoms with van der Waals surface area (Å²) < 4.78 is 18.3. The van der Waals surface area contributed by atoms with E-state index in [0.29, 0.717) is 6.61 Å². The van der Waals surface area contributed by atoms with Crippen molar-refractivity contribution >= 4 is 12.4 Å². The normalized spacial score (nSPS) is 11.4. The van der Waals surface area contributed by atoms with E-state index in [4.69, 9.17) is 10.5 Å². The molecule has 2 rings (SSSR count). The van der Waals surface area contributed by atoms with Gasteiger partial charge < -0.3 is 10.5 Å². The lowest BCUT2D eigenvalue weighted by molar-refractivity contribution is 0.290. The molecule has 0 radical (unpaired) electrons. The van der Waals surface area contributed by atoms with Crippen molar-refractivity contribution in [1.29, 1.82) is 0 Å². The zero-order valence-electron chi connectivity index (χ0n) is 9.75. The molecule has 2 aromatic rings. The predicted molar refractivity (Wildman–Crippen MR) is 72.5 cm³/mol. The molecule has 0 aliphatic rings. The number of hydrogen-bond acceptors (Lipinski definition) is 2. The molecule has 1 unspecified atom stereocenters. The summed E-state index contributed by atoms with van der Waals surface area (Å²) >= 11 is 0. The molecule has 0 saturated heterocycles. The summed E-state index contributed by atoms with van der Waals surface area (Å²) in [6.07, 6.45) is 0. The average molecular weight is 268 g/mol. The highest BCUT2D eigenvalue weighted by atomic mass is 35.5. The zero-order valence-corrected chi connectivity index (χ0v) is 10.6. The molecule has 0 aliphatic heterocycles. The van der Waals surface area contributed by atoms with E-state index >= 15 is 0 Å². The third-order valence-corrected chi connectivity index (χ3v) is 2.47. The highest BCUT2D eigenvalue weighted by molar-refractivity contribution is 5.85. The zero-order chi connectivity index (χ0) is 12.1. The second-order valence-electron chi connectivity index (χ2n) is 3.78. The van der Waals surface area contributed by atoms with Crippen molar-refractivity contribution in [3.8, 4) is 5.75 Å². The fourth-order valence-electron chi connectivity index (χ4n) is 1.51. The molecule has 0 spiro atoms. The quantitative estimate of drug-likeness (QED) is 0.922. The van der Waals surface area contributed by atoms with E-state index < -0.39 is 0 Å². The summed E-state index contributed by atoms with van der Waals surface area (Å²) in [6.45, 7) is 0.371. The highest BCUT2D eigenvalue weighted by Crippen LogP contribution is 2.14. The molecule has 0 heterocycles. The number of para-hydroxylation sites is 1. The van der Waals surface area contributed by atoms with Crippen LogP contribution in [0.15, 0.2) is 54.6 Å². The Morgan fingerprint density at radius 2 is 1.61 bits per heavy atom. The third-order valence-electron chi connectivity index (χ3n) is 2.47. The van der Waals surface area contributed by atoms with Crippen molar-refractivity contribution in [2.24, 2.45) is 5.73 Å². The summed E-state index contributed by atoms with van der Waals surface area (Å²) in [5.74, 6) is 0.523. The van der Waals surface area contributed by atoms with Crippen molar-refractivity contribution in [3.05, 3.63) is 66.0 Å². The molecular formula is C14H15ClFNO. The predicted octanol–water partition coefficient (Wildman–Crippen LogP) is 3.33. The van der Waals surface area contributed by atoms with Crippen molar-refractivity contribution < 1.29 is 9.13 Å². The van der Waals surface area contributed by atoms with E-state index in [1.54, 1.807) is 12.1 Å². The SMILES string of the molecule is Cl.NC(COc1ccccc1)c1ccc(F)cc1. The number of nitrogens with two attached hydrogens (primary N) is 1. The van der Waals surface area contributed by atoms with E-state index in [2.05, 4.69) is 0 Å². The second-order valence-corrected chi connectivity index (χ2v) is 3.78. The number of benzene rings is 2. The van der Waals surface area contributed by atoms with Crippen molar-refractivity contribution in [3.63, 3.8) is 0 Å². The van der Waals surface area contributed by atoms with Crippen LogP contribution in [0.3, 0.4) is 0 Å². The van der Waals surface area contributed by atoms with Crippen LogP contribution in [-0.4, -0.2) is 6.61 Å². The number of rotatable bonds is 4. The van der Waals surface area contributed by atoms with Gasteiger partial charge in [-0.2, -0.15) is 0 Å². The Kier molecular flexibility index (Phi) is 5.62. The molecule has 0 saturated carbocycles. The summed E-state index contributed by atoms with van der Waals surface area (Å²) in [5.41, 5.74) is 6.81. The van der Waals surface area contributed by atoms with Crippen LogP contribution in [0, 0.1) is 5.82 Å². The summed E-state index contributed by atoms with van der Waals surface area (Å²) in [5, 5.41) is 0. The maximum Gasteiger partial charge on any atom is 0.123 e. The fourth-order valence-corrected chi connectivity index (χ4v) is 1.51. The Labute approximate surface area is 112 Å². The molecule has 0 amide bonds. The summed E-state index contributed by atoms with van der Waals surface area (Å²) in [7, 11) is 0. The van der Waals surface area contributed by atoms with Gasteiger partial charge in [0, 0.05) is 0 Å². The van der Waals surface area contributed by atoms with E-state index in [-0.39, 0.29) is 24.3 Å². The van der Waals surface area contributed by atoms with Gasteiger partial charge in [0.1, 0.15) is 18.2 Å². The Morgan fingerprint density at radius 1 is 1.00 bits per heavy atom. The van der Waals surface area contributed by atoms with Crippen molar-refractivity contribution in [1.82, 2.24) is 0 Å². The van der Waals surface area contributed by atoms with Crippen LogP contribution in [0.25, 0.3) is 0 Å². The molecule has 0 aliphatic carbocycles. The fraction of sp³-hybridized carbons (Fsp3) is 0.143. The highest BCUT2D eigenvalue weighted by Gasteiger charge is 2.06. The van der Waals surface area contributed by atoms with Gasteiger partial charge in [0.15, 0.2) is 0 Å². The molecule has 0 aromatic heterocycles. The molecular weight excluding hydrogens is 253 g/mol. The summed E-state index contributed by atoms with van der Waals surface area (Å²) in [4.78, 5) is 0. The first-order valence-electron chi connectivity index (χ1n) is 5.44. The minimum atomic E-state index is -0.259. The second kappa shape index (κ2) is 6.99. The smallest absolute Gasteiger partial charge is 0.123 e. The van der Waals surface area contributed by atoms with Gasteiger partial charge in [0.2, 0.25) is 0 Å². The van der Waals surface area contributed by atoms with Crippen LogP contribution >= 0.6 is 12.4 Å². The third kappa shape index (κ3) is 4.02. The first kappa shape index (κ1) is 14.5. The molecule has 0 fully saturated rings. The molecule has 2 N–H and O–H groups in total. The maximum absolute atomic E-state index is 12.7. The topological polar surface area (TPSA) is 35.2 Å². The van der Waals surface area contributed by atoms with Crippen LogP contribution in [0.1, 0.15) is 11.6 Å². The van der Waals surface area contributed by atoms with Gasteiger partial charge in [-0.25, -0.2) is 4.39 Å². The Hall–Kier alpha value is -1.58. The van der Waals surface area contributed by atoms with Crippen LogP contribution < -0.4 is 10.5 Å². The molecule has 96 valence electrons. The first-order valence-corrected chi connectivity index (χ1v) is 5.44. The monoisotopic (exact) mass is 267 g/mol. The molecule has 4 heteroatoms. The van der Waals surface area contributed by atoms with Crippen LogP contribution in [0.5, 0.6) is 5.75 Å². The number of halogens is 2. The lowest BCUT2D eigenvalue weighted by Gasteiger charge is -2.13. The van der Waals surface area contributed by atoms with Gasteiger partial charge in [0.05, 0.1) is 6.04 Å². The van der Waals surface area contributed by atoms with E-state index in [0.717, 1.165) is 11.3 Å². The molecule has 18 heavy (non-hydrogen) atoms. The van der Waals surface area contributed by atoms with Gasteiger partial charge in [-0.1, -0.05) is 30.3 Å². The lowest BCUT2D eigenvalue weighted by Crippen LogP contribution is -2.18. The standard InChI is InChI=1S/C14H14FNO.ClH/c15-12-8-6-11(7-9-12)14(16)10-17-13-4-2-1-3-5-13;/h1-9,14H,10,16H2;1H. The van der Waals surface area contributed by atoms with Crippen molar-refractivity contribution in [2.75, 3.05) is 6.61 Å². The van der Waals surface area contributed by atoms with Crippen LogP contribution in [0.4, 0.5) is 4.39 Å². The van der Waals surface area contributed by atoms with E-state index in [1.807, 2.05) is 30.3 Å². The largest absolute Gasteiger partial charge is 0.492 e. The van der Waals surface area contributed by atoms with E-state index in [9.17, 15) is 4.39 Å².